The third kappa shape index (κ3) is 3.84. The first-order valence-corrected chi connectivity index (χ1v) is 6.29. The van der Waals surface area contributed by atoms with Gasteiger partial charge in [-0.25, -0.2) is 18.7 Å². The highest BCUT2D eigenvalue weighted by molar-refractivity contribution is 6.29. The van der Waals surface area contributed by atoms with E-state index in [0.29, 0.717) is 16.7 Å². The first-order chi connectivity index (χ1) is 9.56. The van der Waals surface area contributed by atoms with Gasteiger partial charge in [-0.15, -0.1) is 0 Å². The minimum atomic E-state index is -2.40. The summed E-state index contributed by atoms with van der Waals surface area (Å²) in [5.41, 5.74) is 1.36. The van der Waals surface area contributed by atoms with Gasteiger partial charge in [-0.05, 0) is 6.07 Å². The molecule has 20 heavy (non-hydrogen) atoms. The number of rotatable bonds is 5. The molecule has 2 aromatic heterocycles. The fourth-order valence-corrected chi connectivity index (χ4v) is 1.47. The zero-order valence-corrected chi connectivity index (χ0v) is 11.4. The predicted molar refractivity (Wildman–Crippen MR) is 70.9 cm³/mol. The van der Waals surface area contributed by atoms with Crippen LogP contribution in [0.15, 0.2) is 30.7 Å². The second-order valence-corrected chi connectivity index (χ2v) is 4.62. The molecule has 0 aliphatic rings. The molecule has 1 atom stereocenters. The van der Waals surface area contributed by atoms with Crippen LogP contribution < -0.4 is 4.74 Å². The van der Waals surface area contributed by atoms with E-state index in [-0.39, 0.29) is 6.61 Å². The molecule has 0 bridgehead atoms. The smallest absolute Gasteiger partial charge is 0.244 e. The van der Waals surface area contributed by atoms with Gasteiger partial charge in [0.2, 0.25) is 12.3 Å². The normalized spacial score (nSPS) is 12.4. The Kier molecular flexibility index (Phi) is 4.79. The molecular formula is C13H12ClF2N3O. The average Bonchev–Trinajstić information content (AvgIpc) is 2.46. The van der Waals surface area contributed by atoms with Crippen LogP contribution >= 0.6 is 11.6 Å². The van der Waals surface area contributed by atoms with Crippen LogP contribution in [-0.2, 0) is 0 Å². The van der Waals surface area contributed by atoms with Crippen LogP contribution in [0.1, 0.15) is 6.92 Å². The minimum Gasteiger partial charge on any atom is -0.477 e. The molecule has 4 nitrogen and oxygen atoms in total. The Morgan fingerprint density at radius 3 is 2.50 bits per heavy atom. The van der Waals surface area contributed by atoms with Crippen LogP contribution in [0.5, 0.6) is 5.88 Å². The molecule has 2 heterocycles. The Labute approximate surface area is 119 Å². The maximum absolute atomic E-state index is 12.3. The van der Waals surface area contributed by atoms with Crippen molar-refractivity contribution in [2.45, 2.75) is 13.3 Å². The number of hydrogen-bond donors (Lipinski definition) is 0. The average molecular weight is 300 g/mol. The monoisotopic (exact) mass is 299 g/mol. The van der Waals surface area contributed by atoms with Crippen LogP contribution in [0, 0.1) is 5.92 Å². The second-order valence-electron chi connectivity index (χ2n) is 4.23. The van der Waals surface area contributed by atoms with Crippen LogP contribution in [0.4, 0.5) is 8.78 Å². The molecule has 0 fully saturated rings. The lowest BCUT2D eigenvalue weighted by Crippen LogP contribution is -2.16. The SMILES string of the molecule is CC(COc1ccc(-c2cnc(Cl)cn2)cn1)C(F)F. The van der Waals surface area contributed by atoms with Crippen LogP contribution in [0.25, 0.3) is 11.3 Å². The van der Waals surface area contributed by atoms with Crippen molar-refractivity contribution in [3.8, 4) is 17.1 Å². The molecule has 0 spiro atoms. The number of pyridine rings is 1. The second kappa shape index (κ2) is 6.56. The summed E-state index contributed by atoms with van der Waals surface area (Å²) in [7, 11) is 0. The molecule has 0 radical (unpaired) electrons. The Morgan fingerprint density at radius 2 is 1.95 bits per heavy atom. The zero-order valence-electron chi connectivity index (χ0n) is 10.6. The molecule has 7 heteroatoms. The van der Waals surface area contributed by atoms with Gasteiger partial charge in [-0.1, -0.05) is 18.5 Å². The van der Waals surface area contributed by atoms with Crippen molar-refractivity contribution in [1.29, 1.82) is 0 Å². The number of ether oxygens (including phenoxy) is 1. The van der Waals surface area contributed by atoms with Gasteiger partial charge in [0, 0.05) is 17.8 Å². The fraction of sp³-hybridized carbons (Fsp3) is 0.308. The lowest BCUT2D eigenvalue weighted by atomic mass is 10.2. The molecule has 2 aromatic rings. The maximum atomic E-state index is 12.3. The summed E-state index contributed by atoms with van der Waals surface area (Å²) in [6.45, 7) is 1.34. The molecule has 2 rings (SSSR count). The van der Waals surface area contributed by atoms with Crippen LogP contribution in [0.3, 0.4) is 0 Å². The van der Waals surface area contributed by atoms with Crippen molar-refractivity contribution < 1.29 is 13.5 Å². The minimum absolute atomic E-state index is 0.0786. The number of alkyl halides is 2. The van der Waals surface area contributed by atoms with Crippen molar-refractivity contribution >= 4 is 11.6 Å². The van der Waals surface area contributed by atoms with Gasteiger partial charge < -0.3 is 4.74 Å². The third-order valence-electron chi connectivity index (χ3n) is 2.58. The van der Waals surface area contributed by atoms with Gasteiger partial charge in [0.15, 0.2) is 0 Å². The van der Waals surface area contributed by atoms with E-state index >= 15 is 0 Å². The van der Waals surface area contributed by atoms with Gasteiger partial charge >= 0.3 is 0 Å². The number of halogens is 3. The van der Waals surface area contributed by atoms with E-state index in [1.807, 2.05) is 0 Å². The van der Waals surface area contributed by atoms with E-state index in [0.717, 1.165) is 5.56 Å². The Bertz CT molecular complexity index is 549. The molecule has 0 saturated carbocycles. The largest absolute Gasteiger partial charge is 0.477 e. The van der Waals surface area contributed by atoms with Crippen LogP contribution in [0.2, 0.25) is 5.15 Å². The predicted octanol–water partition coefficient (Wildman–Crippen LogP) is 3.47. The summed E-state index contributed by atoms with van der Waals surface area (Å²) in [5, 5.41) is 0.308. The maximum Gasteiger partial charge on any atom is 0.244 e. The fourth-order valence-electron chi connectivity index (χ4n) is 1.37. The summed E-state index contributed by atoms with van der Waals surface area (Å²) in [5.74, 6) is -0.540. The van der Waals surface area contributed by atoms with Gasteiger partial charge in [0.05, 0.1) is 30.6 Å². The Morgan fingerprint density at radius 1 is 1.15 bits per heavy atom. The molecule has 0 amide bonds. The molecule has 0 aliphatic heterocycles. The molecule has 0 N–H and O–H groups in total. The van der Waals surface area contributed by atoms with E-state index in [9.17, 15) is 8.78 Å². The first-order valence-electron chi connectivity index (χ1n) is 5.91. The molecule has 0 aliphatic carbocycles. The van der Waals surface area contributed by atoms with Crippen molar-refractivity contribution in [1.82, 2.24) is 15.0 Å². The van der Waals surface area contributed by atoms with Gasteiger partial charge in [-0.2, -0.15) is 0 Å². The van der Waals surface area contributed by atoms with Gasteiger partial charge in [0.1, 0.15) is 5.15 Å². The molecule has 106 valence electrons. The zero-order chi connectivity index (χ0) is 14.5. The third-order valence-corrected chi connectivity index (χ3v) is 2.77. The highest BCUT2D eigenvalue weighted by Gasteiger charge is 2.15. The Balaban J connectivity index is 2.01. The standard InChI is InChI=1S/C13H12ClF2N3O/c1-8(13(15)16)7-20-12-3-2-9(4-19-12)10-5-18-11(14)6-17-10/h2-6,8,13H,7H2,1H3. The van der Waals surface area contributed by atoms with E-state index < -0.39 is 12.3 Å². The lowest BCUT2D eigenvalue weighted by Gasteiger charge is -2.11. The summed E-state index contributed by atoms with van der Waals surface area (Å²) >= 11 is 5.65. The summed E-state index contributed by atoms with van der Waals surface area (Å²) in [6, 6.07) is 3.33. The van der Waals surface area contributed by atoms with Crippen molar-refractivity contribution in [2.75, 3.05) is 6.61 Å². The molecular weight excluding hydrogens is 288 g/mol. The number of aromatic nitrogens is 3. The Hall–Kier alpha value is -1.82. The van der Waals surface area contributed by atoms with Crippen molar-refractivity contribution in [2.24, 2.45) is 5.92 Å². The van der Waals surface area contributed by atoms with E-state index in [2.05, 4.69) is 15.0 Å². The summed E-state index contributed by atoms with van der Waals surface area (Å²) in [4.78, 5) is 12.1. The van der Waals surface area contributed by atoms with Crippen LogP contribution in [-0.4, -0.2) is 28.0 Å². The molecule has 1 unspecified atom stereocenters. The van der Waals surface area contributed by atoms with Gasteiger partial charge in [0.25, 0.3) is 0 Å². The molecule has 0 saturated heterocycles. The quantitative estimate of drug-likeness (QED) is 0.848. The van der Waals surface area contributed by atoms with E-state index in [1.165, 1.54) is 19.3 Å². The number of hydrogen-bond acceptors (Lipinski definition) is 4. The summed E-state index contributed by atoms with van der Waals surface area (Å²) in [6.07, 6.45) is 2.10. The van der Waals surface area contributed by atoms with E-state index in [4.69, 9.17) is 16.3 Å². The van der Waals surface area contributed by atoms with E-state index in [1.54, 1.807) is 18.3 Å². The van der Waals surface area contributed by atoms with Crippen molar-refractivity contribution in [3.05, 3.63) is 35.9 Å². The lowest BCUT2D eigenvalue weighted by molar-refractivity contribution is 0.0568. The molecule has 0 aromatic carbocycles. The first kappa shape index (κ1) is 14.6. The highest BCUT2D eigenvalue weighted by atomic mass is 35.5. The van der Waals surface area contributed by atoms with Crippen molar-refractivity contribution in [3.63, 3.8) is 0 Å². The topological polar surface area (TPSA) is 47.9 Å². The highest BCUT2D eigenvalue weighted by Crippen LogP contribution is 2.19. The van der Waals surface area contributed by atoms with Gasteiger partial charge in [-0.3, -0.25) is 4.98 Å². The number of nitrogens with zero attached hydrogens (tertiary/aromatic N) is 3. The summed E-state index contributed by atoms with van der Waals surface area (Å²) < 4.78 is 29.8.